The zero-order chi connectivity index (χ0) is 18.5. The highest BCUT2D eigenvalue weighted by Crippen LogP contribution is 2.42. The lowest BCUT2D eigenvalue weighted by atomic mass is 10.1. The second-order valence-electron chi connectivity index (χ2n) is 6.54. The van der Waals surface area contributed by atoms with Crippen molar-refractivity contribution in [2.24, 2.45) is 0 Å². The van der Waals surface area contributed by atoms with E-state index in [2.05, 4.69) is 12.2 Å². The highest BCUT2D eigenvalue weighted by molar-refractivity contribution is 8.00. The van der Waals surface area contributed by atoms with Crippen LogP contribution >= 0.6 is 11.8 Å². The molecule has 1 saturated heterocycles. The van der Waals surface area contributed by atoms with E-state index in [4.69, 9.17) is 0 Å². The number of aryl methyl sites for hydroxylation is 1. The van der Waals surface area contributed by atoms with Gasteiger partial charge >= 0.3 is 0 Å². The SMILES string of the molecule is CCCCC(=O)Nc1ccc([C@H]2SCC(=O)N2c2cccc(C)c2)cc1. The number of unbranched alkanes of at least 4 members (excludes halogenated alkanes) is 1. The van der Waals surface area contributed by atoms with Gasteiger partial charge in [0.1, 0.15) is 5.37 Å². The topological polar surface area (TPSA) is 49.4 Å². The van der Waals surface area contributed by atoms with Crippen molar-refractivity contribution in [3.8, 4) is 0 Å². The number of hydrogen-bond donors (Lipinski definition) is 1. The molecule has 3 rings (SSSR count). The Balaban J connectivity index is 1.75. The van der Waals surface area contributed by atoms with Crippen molar-refractivity contribution in [2.45, 2.75) is 38.5 Å². The second kappa shape index (κ2) is 8.41. The number of hydrogen-bond acceptors (Lipinski definition) is 3. The summed E-state index contributed by atoms with van der Waals surface area (Å²) in [5.41, 5.74) is 3.93. The first-order valence-electron chi connectivity index (χ1n) is 8.98. The first-order chi connectivity index (χ1) is 12.6. The van der Waals surface area contributed by atoms with Crippen LogP contribution in [-0.4, -0.2) is 17.6 Å². The van der Waals surface area contributed by atoms with Gasteiger partial charge < -0.3 is 5.32 Å². The highest BCUT2D eigenvalue weighted by Gasteiger charge is 2.33. The number of nitrogens with one attached hydrogen (secondary N) is 1. The molecule has 0 aliphatic carbocycles. The summed E-state index contributed by atoms with van der Waals surface area (Å²) in [7, 11) is 0. The maximum atomic E-state index is 12.4. The summed E-state index contributed by atoms with van der Waals surface area (Å²) in [6.45, 7) is 4.10. The zero-order valence-corrected chi connectivity index (χ0v) is 16.0. The van der Waals surface area contributed by atoms with E-state index in [1.54, 1.807) is 11.8 Å². The molecule has 1 N–H and O–H groups in total. The Hall–Kier alpha value is -2.27. The Kier molecular flexibility index (Phi) is 5.99. The molecule has 0 spiro atoms. The maximum absolute atomic E-state index is 12.4. The average Bonchev–Trinajstić information content (AvgIpc) is 3.02. The monoisotopic (exact) mass is 368 g/mol. The van der Waals surface area contributed by atoms with E-state index in [0.29, 0.717) is 12.2 Å². The molecule has 0 aromatic heterocycles. The van der Waals surface area contributed by atoms with Gasteiger partial charge in [0.25, 0.3) is 0 Å². The number of nitrogens with zero attached hydrogens (tertiary/aromatic N) is 1. The molecule has 5 heteroatoms. The molecule has 1 atom stereocenters. The van der Waals surface area contributed by atoms with Crippen LogP contribution in [0.15, 0.2) is 48.5 Å². The van der Waals surface area contributed by atoms with Gasteiger partial charge in [0.05, 0.1) is 5.75 Å². The summed E-state index contributed by atoms with van der Waals surface area (Å²) in [5.74, 6) is 0.655. The van der Waals surface area contributed by atoms with Gasteiger partial charge in [-0.25, -0.2) is 0 Å². The minimum atomic E-state index is -0.0332. The molecule has 1 fully saturated rings. The molecule has 0 radical (unpaired) electrons. The molecule has 2 amide bonds. The molecule has 1 heterocycles. The third-order valence-electron chi connectivity index (χ3n) is 4.38. The van der Waals surface area contributed by atoms with Gasteiger partial charge in [0, 0.05) is 17.8 Å². The molecule has 2 aromatic carbocycles. The van der Waals surface area contributed by atoms with Crippen LogP contribution in [0.25, 0.3) is 0 Å². The predicted molar refractivity (Wildman–Crippen MR) is 108 cm³/mol. The Morgan fingerprint density at radius 2 is 2.00 bits per heavy atom. The summed E-state index contributed by atoms with van der Waals surface area (Å²) in [6.07, 6.45) is 2.46. The predicted octanol–water partition coefficient (Wildman–Crippen LogP) is 4.90. The van der Waals surface area contributed by atoms with Crippen LogP contribution in [0.5, 0.6) is 0 Å². The van der Waals surface area contributed by atoms with Gasteiger partial charge in [-0.1, -0.05) is 37.6 Å². The molecule has 136 valence electrons. The minimum Gasteiger partial charge on any atom is -0.326 e. The fourth-order valence-electron chi connectivity index (χ4n) is 3.02. The Morgan fingerprint density at radius 1 is 1.23 bits per heavy atom. The van der Waals surface area contributed by atoms with Gasteiger partial charge in [-0.3, -0.25) is 14.5 Å². The van der Waals surface area contributed by atoms with Crippen molar-refractivity contribution in [3.05, 3.63) is 59.7 Å². The van der Waals surface area contributed by atoms with E-state index in [9.17, 15) is 9.59 Å². The van der Waals surface area contributed by atoms with Gasteiger partial charge in [0.15, 0.2) is 0 Å². The first-order valence-corrected chi connectivity index (χ1v) is 10.0. The van der Waals surface area contributed by atoms with E-state index >= 15 is 0 Å². The minimum absolute atomic E-state index is 0.0332. The molecule has 0 bridgehead atoms. The van der Waals surface area contributed by atoms with Crippen molar-refractivity contribution in [2.75, 3.05) is 16.0 Å². The number of thioether (sulfide) groups is 1. The number of carbonyl (C=O) groups excluding carboxylic acids is 2. The number of anilines is 2. The molecular formula is C21H24N2O2S. The largest absolute Gasteiger partial charge is 0.326 e. The number of amides is 2. The zero-order valence-electron chi connectivity index (χ0n) is 15.2. The van der Waals surface area contributed by atoms with Crippen LogP contribution in [0.4, 0.5) is 11.4 Å². The quantitative estimate of drug-likeness (QED) is 0.789. The van der Waals surface area contributed by atoms with Crippen LogP contribution in [-0.2, 0) is 9.59 Å². The van der Waals surface area contributed by atoms with E-state index in [-0.39, 0.29) is 17.2 Å². The third-order valence-corrected chi connectivity index (χ3v) is 5.60. The van der Waals surface area contributed by atoms with Crippen molar-refractivity contribution >= 4 is 35.0 Å². The summed E-state index contributed by atoms with van der Waals surface area (Å²) in [6, 6.07) is 15.8. The van der Waals surface area contributed by atoms with Crippen LogP contribution < -0.4 is 10.2 Å². The van der Waals surface area contributed by atoms with Crippen molar-refractivity contribution in [1.29, 1.82) is 0 Å². The molecular weight excluding hydrogens is 344 g/mol. The van der Waals surface area contributed by atoms with Gasteiger partial charge in [-0.05, 0) is 48.7 Å². The van der Waals surface area contributed by atoms with Crippen molar-refractivity contribution in [3.63, 3.8) is 0 Å². The van der Waals surface area contributed by atoms with Crippen molar-refractivity contribution < 1.29 is 9.59 Å². The van der Waals surface area contributed by atoms with Crippen LogP contribution in [0.1, 0.15) is 42.7 Å². The normalized spacial score (nSPS) is 16.8. The average molecular weight is 369 g/mol. The van der Waals surface area contributed by atoms with E-state index < -0.39 is 0 Å². The standard InChI is InChI=1S/C21H24N2O2S/c1-3-4-8-19(24)22-17-11-9-16(10-12-17)21-23(20(25)14-26-21)18-7-5-6-15(2)13-18/h5-7,9-13,21H,3-4,8,14H2,1-2H3,(H,22,24)/t21-/m1/s1. The molecule has 1 aliphatic rings. The third kappa shape index (κ3) is 4.28. The van der Waals surface area contributed by atoms with E-state index in [1.807, 2.05) is 60.4 Å². The smallest absolute Gasteiger partial charge is 0.238 e. The molecule has 1 aliphatic heterocycles. The molecule has 2 aromatic rings. The number of rotatable bonds is 6. The fraction of sp³-hybridized carbons (Fsp3) is 0.333. The Morgan fingerprint density at radius 3 is 2.69 bits per heavy atom. The molecule has 0 unspecified atom stereocenters. The summed E-state index contributed by atoms with van der Waals surface area (Å²) < 4.78 is 0. The molecule has 26 heavy (non-hydrogen) atoms. The Labute approximate surface area is 159 Å². The van der Waals surface area contributed by atoms with Crippen LogP contribution in [0.3, 0.4) is 0 Å². The van der Waals surface area contributed by atoms with Gasteiger partial charge in [-0.15, -0.1) is 11.8 Å². The summed E-state index contributed by atoms with van der Waals surface area (Å²) in [4.78, 5) is 26.2. The number of benzene rings is 2. The van der Waals surface area contributed by atoms with Crippen LogP contribution in [0, 0.1) is 6.92 Å². The first kappa shape index (κ1) is 18.5. The van der Waals surface area contributed by atoms with Crippen molar-refractivity contribution in [1.82, 2.24) is 0 Å². The summed E-state index contributed by atoms with van der Waals surface area (Å²) in [5, 5.41) is 2.89. The lowest BCUT2D eigenvalue weighted by molar-refractivity contribution is -0.116. The highest BCUT2D eigenvalue weighted by atomic mass is 32.2. The summed E-state index contributed by atoms with van der Waals surface area (Å²) >= 11 is 1.63. The van der Waals surface area contributed by atoms with E-state index in [0.717, 1.165) is 35.3 Å². The number of carbonyl (C=O) groups is 2. The fourth-order valence-corrected chi connectivity index (χ4v) is 4.20. The lowest BCUT2D eigenvalue weighted by Crippen LogP contribution is -2.27. The van der Waals surface area contributed by atoms with E-state index in [1.165, 1.54) is 0 Å². The Bertz CT molecular complexity index is 789. The van der Waals surface area contributed by atoms with Gasteiger partial charge in [0.2, 0.25) is 11.8 Å². The lowest BCUT2D eigenvalue weighted by Gasteiger charge is -2.25. The van der Waals surface area contributed by atoms with Gasteiger partial charge in [-0.2, -0.15) is 0 Å². The van der Waals surface area contributed by atoms with Crippen LogP contribution in [0.2, 0.25) is 0 Å². The second-order valence-corrected chi connectivity index (χ2v) is 7.61. The molecule has 0 saturated carbocycles. The maximum Gasteiger partial charge on any atom is 0.238 e. The molecule has 4 nitrogen and oxygen atoms in total.